The summed E-state index contributed by atoms with van der Waals surface area (Å²) in [4.78, 5) is 0. The van der Waals surface area contributed by atoms with Crippen molar-refractivity contribution in [2.45, 2.75) is 0 Å². The zero-order chi connectivity index (χ0) is 9.00. The van der Waals surface area contributed by atoms with Gasteiger partial charge >= 0.3 is 40.2 Å². The molecule has 0 saturated carbocycles. The molecular weight excluding hydrogens is 382 g/mol. The number of hydrogen-bond acceptors (Lipinski definition) is 8. The molecule has 0 heterocycles. The summed E-state index contributed by atoms with van der Waals surface area (Å²) in [6.07, 6.45) is 0. The van der Waals surface area contributed by atoms with Gasteiger partial charge in [-0.05, 0) is 0 Å². The second kappa shape index (κ2) is 4.91. The Labute approximate surface area is 67.4 Å². The van der Waals surface area contributed by atoms with E-state index < -0.39 is 40.2 Å². The highest BCUT2D eigenvalue weighted by molar-refractivity contribution is 2.16. The summed E-state index contributed by atoms with van der Waals surface area (Å²) in [6, 6.07) is 0. The highest BCUT2D eigenvalue weighted by atomic mass is 127. The quantitative estimate of drug-likeness (QED) is 0.387. The van der Waals surface area contributed by atoms with Crippen LogP contribution in [0.5, 0.6) is 0 Å². The lowest BCUT2D eigenvalue weighted by Crippen LogP contribution is -4.23. The topological polar surface area (TPSA) is 179 Å². The third kappa shape index (κ3) is 466. The molecule has 0 atom stereocenters. The Kier molecular flexibility index (Phi) is 6.73. The van der Waals surface area contributed by atoms with Crippen molar-refractivity contribution < 1.29 is 67.7 Å². The number of rotatable bonds is 0. The third-order valence-electron chi connectivity index (χ3n) is 0. The molecule has 10 heteroatoms. The highest BCUT2D eigenvalue weighted by Crippen LogP contribution is 0.393. The molecule has 0 aliphatic heterocycles. The molecule has 0 spiro atoms. The van der Waals surface area contributed by atoms with E-state index in [4.69, 9.17) is 27.5 Å². The molecule has 0 aromatic rings. The molecule has 8 nitrogen and oxygen atoms in total. The van der Waals surface area contributed by atoms with E-state index >= 15 is 0 Å². The molecule has 0 radical (unpaired) electrons. The van der Waals surface area contributed by atoms with Gasteiger partial charge in [-0.25, -0.2) is 0 Å². The molecule has 0 fully saturated rings. The lowest BCUT2D eigenvalue weighted by atomic mass is 16.0. The maximum absolute atomic E-state index is 8.73. The molecule has 0 rings (SSSR count). The van der Waals surface area contributed by atoms with Crippen LogP contribution >= 0.6 is 0 Å². The summed E-state index contributed by atoms with van der Waals surface area (Å²) >= 11 is -11.4. The lowest BCUT2D eigenvalue weighted by Gasteiger charge is -1.93. The van der Waals surface area contributed by atoms with Crippen LogP contribution in [0.2, 0.25) is 0 Å². The van der Waals surface area contributed by atoms with E-state index in [1.165, 1.54) is 0 Å². The Balaban J connectivity index is 0. The molecule has 0 amide bonds. The average Bonchev–Trinajstić information content (AvgIpc) is 1.12. The Morgan fingerprint density at radius 1 is 0.600 bits per heavy atom. The minimum Gasteiger partial charge on any atom is -0.256 e. The fourth-order valence-electron chi connectivity index (χ4n) is 0. The van der Waals surface area contributed by atoms with E-state index in [1.807, 2.05) is 0 Å². The standard InChI is InChI=1S/2HIO4/c2*2-1(3,4)5/h2*2H. The molecule has 0 bridgehead atoms. The minimum absolute atomic E-state index is 5.69. The van der Waals surface area contributed by atoms with Gasteiger partial charge in [0.15, 0.2) is 0 Å². The number of hydrogen-bond donors (Lipinski definition) is 2. The van der Waals surface area contributed by atoms with Crippen molar-refractivity contribution in [1.82, 2.24) is 0 Å². The molecule has 2 N–H and O–H groups in total. The van der Waals surface area contributed by atoms with Gasteiger partial charge in [0.25, 0.3) is 0 Å². The maximum atomic E-state index is 8.73. The van der Waals surface area contributed by atoms with Crippen LogP contribution in [0, 0.1) is 0 Å². The molecule has 0 aliphatic rings. The van der Waals surface area contributed by atoms with Crippen molar-refractivity contribution in [3.8, 4) is 0 Å². The van der Waals surface area contributed by atoms with Gasteiger partial charge < -0.3 is 0 Å². The molecule has 0 saturated heterocycles. The van der Waals surface area contributed by atoms with Crippen molar-refractivity contribution in [1.29, 1.82) is 0 Å². The summed E-state index contributed by atoms with van der Waals surface area (Å²) in [5.74, 6) is 0. The van der Waals surface area contributed by atoms with E-state index in [-0.39, 0.29) is 0 Å². The van der Waals surface area contributed by atoms with Crippen molar-refractivity contribution in [2.24, 2.45) is 0 Å². The molecule has 0 aliphatic carbocycles. The van der Waals surface area contributed by atoms with E-state index in [2.05, 4.69) is 0 Å². The Hall–Kier alpha value is 1.14. The maximum Gasteiger partial charge on any atom is 0.368 e. The molecule has 0 aromatic heterocycles. The summed E-state index contributed by atoms with van der Waals surface area (Å²) in [6.45, 7) is 0. The third-order valence-corrected chi connectivity index (χ3v) is 0. The van der Waals surface area contributed by atoms with E-state index in [0.29, 0.717) is 0 Å². The first-order chi connectivity index (χ1) is 4.00. The summed E-state index contributed by atoms with van der Waals surface area (Å²) in [5.41, 5.74) is 0. The van der Waals surface area contributed by atoms with Crippen LogP contribution in [-0.4, -0.2) is 6.87 Å². The van der Waals surface area contributed by atoms with Crippen molar-refractivity contribution in [3.05, 3.63) is 0 Å². The van der Waals surface area contributed by atoms with Gasteiger partial charge in [0, 0.05) is 6.87 Å². The predicted octanol–water partition coefficient (Wildman–Crippen LogP) is -14.2. The van der Waals surface area contributed by atoms with E-state index in [0.717, 1.165) is 0 Å². The largest absolute Gasteiger partial charge is 0.368 e. The van der Waals surface area contributed by atoms with Gasteiger partial charge in [0.05, 0.1) is 0 Å². The van der Waals surface area contributed by atoms with Gasteiger partial charge in [0.1, 0.15) is 0 Å². The van der Waals surface area contributed by atoms with Crippen molar-refractivity contribution >= 4 is 0 Å². The monoisotopic (exact) mass is 384 g/mol. The highest BCUT2D eigenvalue weighted by Gasteiger charge is 2.12. The second-order valence-electron chi connectivity index (χ2n) is 0.792. The average molecular weight is 384 g/mol. The smallest absolute Gasteiger partial charge is 0.256 e. The van der Waals surface area contributed by atoms with E-state index in [1.54, 1.807) is 0 Å². The van der Waals surface area contributed by atoms with Crippen LogP contribution < -0.4 is 60.8 Å². The second-order valence-corrected chi connectivity index (χ2v) is 5.31. The van der Waals surface area contributed by atoms with Crippen LogP contribution in [0.4, 0.5) is 0 Å². The van der Waals surface area contributed by atoms with Gasteiger partial charge in [0.2, 0.25) is 0 Å². The van der Waals surface area contributed by atoms with Gasteiger partial charge in [-0.3, -0.25) is 20.6 Å². The Morgan fingerprint density at radius 3 is 0.600 bits per heavy atom. The van der Waals surface area contributed by atoms with Gasteiger partial charge in [-0.2, -0.15) is 0 Å². The lowest BCUT2D eigenvalue weighted by molar-refractivity contribution is -1.92. The van der Waals surface area contributed by atoms with E-state index in [9.17, 15) is 0 Å². The van der Waals surface area contributed by atoms with Crippen LogP contribution in [0.1, 0.15) is 0 Å². The fourth-order valence-corrected chi connectivity index (χ4v) is 0. The normalized spacial score (nSPS) is 12.0. The summed E-state index contributed by atoms with van der Waals surface area (Å²) in [7, 11) is 0. The Morgan fingerprint density at radius 2 is 0.600 bits per heavy atom. The minimum atomic E-state index is -5.69. The molecule has 0 aromatic carbocycles. The zero-order valence-electron chi connectivity index (χ0n) is 4.10. The summed E-state index contributed by atoms with van der Waals surface area (Å²) < 4.78 is 66.4. The van der Waals surface area contributed by atoms with Crippen molar-refractivity contribution in [2.75, 3.05) is 0 Å². The molecule has 10 heavy (non-hydrogen) atoms. The summed E-state index contributed by atoms with van der Waals surface area (Å²) in [5, 5.41) is 0. The van der Waals surface area contributed by atoms with Crippen LogP contribution in [-0.2, 0) is 0 Å². The van der Waals surface area contributed by atoms with Crippen molar-refractivity contribution in [3.63, 3.8) is 0 Å². The van der Waals surface area contributed by atoms with Gasteiger partial charge in [-0.15, -0.1) is 0 Å². The fraction of sp³-hybridized carbons (Fsp3) is 0. The first-order valence-electron chi connectivity index (χ1n) is 1.26. The molecule has 64 valence electrons. The molecular formula is H2I2O8. The van der Waals surface area contributed by atoms with Gasteiger partial charge in [-0.1, -0.05) is 0 Å². The first kappa shape index (κ1) is 13.7. The van der Waals surface area contributed by atoms with Crippen LogP contribution in [0.3, 0.4) is 0 Å². The van der Waals surface area contributed by atoms with Crippen LogP contribution in [0.25, 0.3) is 0 Å². The zero-order valence-corrected chi connectivity index (χ0v) is 8.41. The number of halogens is 2. The Bertz CT molecular complexity index is 50.2. The van der Waals surface area contributed by atoms with Crippen LogP contribution in [0.15, 0.2) is 0 Å². The molecule has 0 unspecified atom stereocenters. The predicted molar refractivity (Wildman–Crippen MR) is 4.44 cm³/mol. The first-order valence-corrected chi connectivity index (χ1v) is 8.48. The SMILES string of the molecule is [O-][I+3]([O-])([O-])O.[O-][I+3]([O-])([O-])O.